The van der Waals surface area contributed by atoms with Gasteiger partial charge in [-0.2, -0.15) is 5.10 Å². The number of hydrogen-bond donors (Lipinski definition) is 1. The Balaban J connectivity index is 1.53. The highest BCUT2D eigenvalue weighted by molar-refractivity contribution is 5.49. The standard InChI is InChI=1S/C19H26N6O/c1-13-21-16-8-5-7-15(16)19(22-13)20-12-14-6-3-4-11-25(14)17-9-10-18(26)24(2)23-17/h9-10,14H,3-8,11-12H2,1-2H3,(H,20,21,22). The van der Waals surface area contributed by atoms with Gasteiger partial charge in [0.05, 0.1) is 0 Å². The van der Waals surface area contributed by atoms with Gasteiger partial charge in [-0.3, -0.25) is 4.79 Å². The molecule has 0 amide bonds. The average molecular weight is 354 g/mol. The van der Waals surface area contributed by atoms with Crippen LogP contribution >= 0.6 is 0 Å². The van der Waals surface area contributed by atoms with Gasteiger partial charge in [0.1, 0.15) is 17.5 Å². The molecule has 1 saturated heterocycles. The molecule has 0 spiro atoms. The second-order valence-corrected chi connectivity index (χ2v) is 7.28. The second-order valence-electron chi connectivity index (χ2n) is 7.28. The molecule has 3 heterocycles. The van der Waals surface area contributed by atoms with Gasteiger partial charge in [-0.25, -0.2) is 14.6 Å². The maximum absolute atomic E-state index is 11.6. The molecule has 0 radical (unpaired) electrons. The van der Waals surface area contributed by atoms with E-state index in [9.17, 15) is 4.79 Å². The Morgan fingerprint density at radius 3 is 2.92 bits per heavy atom. The molecule has 1 N–H and O–H groups in total. The van der Waals surface area contributed by atoms with Crippen LogP contribution in [-0.2, 0) is 19.9 Å². The number of piperidine rings is 1. The molecule has 138 valence electrons. The summed E-state index contributed by atoms with van der Waals surface area (Å²) in [4.78, 5) is 23.2. The monoisotopic (exact) mass is 354 g/mol. The SMILES string of the molecule is Cc1nc2c(c(NCC3CCCCN3c3ccc(=O)n(C)n3)n1)CCC2. The number of aryl methyl sites for hydroxylation is 3. The molecule has 7 nitrogen and oxygen atoms in total. The van der Waals surface area contributed by atoms with E-state index in [-0.39, 0.29) is 5.56 Å². The summed E-state index contributed by atoms with van der Waals surface area (Å²) in [6.07, 6.45) is 6.78. The van der Waals surface area contributed by atoms with Crippen molar-refractivity contribution in [2.45, 2.75) is 51.5 Å². The van der Waals surface area contributed by atoms with Gasteiger partial charge in [0.2, 0.25) is 0 Å². The number of fused-ring (bicyclic) bond motifs is 1. The summed E-state index contributed by atoms with van der Waals surface area (Å²) in [6, 6.07) is 3.79. The second kappa shape index (κ2) is 7.05. The van der Waals surface area contributed by atoms with Crippen LogP contribution in [0, 0.1) is 6.92 Å². The van der Waals surface area contributed by atoms with Gasteiger partial charge < -0.3 is 10.2 Å². The first kappa shape index (κ1) is 17.0. The van der Waals surface area contributed by atoms with Crippen LogP contribution in [0.5, 0.6) is 0 Å². The van der Waals surface area contributed by atoms with Crippen molar-refractivity contribution in [3.63, 3.8) is 0 Å². The van der Waals surface area contributed by atoms with Gasteiger partial charge in [0, 0.05) is 43.5 Å². The van der Waals surface area contributed by atoms with E-state index in [4.69, 9.17) is 0 Å². The molecule has 2 aliphatic rings. The lowest BCUT2D eigenvalue weighted by Crippen LogP contribution is -2.45. The molecule has 1 atom stereocenters. The Morgan fingerprint density at radius 2 is 2.08 bits per heavy atom. The molecule has 4 rings (SSSR count). The highest BCUT2D eigenvalue weighted by atomic mass is 16.1. The van der Waals surface area contributed by atoms with Crippen molar-refractivity contribution in [3.05, 3.63) is 39.6 Å². The molecule has 1 unspecified atom stereocenters. The van der Waals surface area contributed by atoms with Crippen molar-refractivity contribution in [2.24, 2.45) is 7.05 Å². The number of rotatable bonds is 4. The van der Waals surface area contributed by atoms with Crippen LogP contribution in [0.1, 0.15) is 42.8 Å². The lowest BCUT2D eigenvalue weighted by atomic mass is 10.0. The fourth-order valence-electron chi connectivity index (χ4n) is 4.07. The van der Waals surface area contributed by atoms with Gasteiger partial charge >= 0.3 is 0 Å². The normalized spacial score (nSPS) is 19.5. The van der Waals surface area contributed by atoms with Crippen LogP contribution in [0.25, 0.3) is 0 Å². The largest absolute Gasteiger partial charge is 0.368 e. The van der Waals surface area contributed by atoms with Crippen LogP contribution in [0.3, 0.4) is 0 Å². The zero-order valence-electron chi connectivity index (χ0n) is 15.5. The third-order valence-corrected chi connectivity index (χ3v) is 5.42. The predicted molar refractivity (Wildman–Crippen MR) is 102 cm³/mol. The van der Waals surface area contributed by atoms with Crippen LogP contribution in [-0.4, -0.2) is 38.9 Å². The molecule has 7 heteroatoms. The maximum atomic E-state index is 11.6. The molecule has 1 aliphatic carbocycles. The summed E-state index contributed by atoms with van der Waals surface area (Å²) < 4.78 is 1.41. The summed E-state index contributed by atoms with van der Waals surface area (Å²) in [6.45, 7) is 3.76. The molecule has 26 heavy (non-hydrogen) atoms. The third-order valence-electron chi connectivity index (χ3n) is 5.42. The van der Waals surface area contributed by atoms with Crippen LogP contribution < -0.4 is 15.8 Å². The van der Waals surface area contributed by atoms with E-state index in [1.165, 1.54) is 28.8 Å². The summed E-state index contributed by atoms with van der Waals surface area (Å²) >= 11 is 0. The topological polar surface area (TPSA) is 75.9 Å². The van der Waals surface area contributed by atoms with E-state index in [1.807, 2.05) is 13.0 Å². The highest BCUT2D eigenvalue weighted by Gasteiger charge is 2.25. The molecular weight excluding hydrogens is 328 g/mol. The molecule has 0 saturated carbocycles. The fourth-order valence-corrected chi connectivity index (χ4v) is 4.07. The van der Waals surface area contributed by atoms with Crippen molar-refractivity contribution in [1.29, 1.82) is 0 Å². The van der Waals surface area contributed by atoms with E-state index >= 15 is 0 Å². The Bertz CT molecular complexity index is 862. The van der Waals surface area contributed by atoms with Crippen LogP contribution in [0.4, 0.5) is 11.6 Å². The first-order valence-corrected chi connectivity index (χ1v) is 9.53. The van der Waals surface area contributed by atoms with E-state index in [0.717, 1.165) is 56.2 Å². The minimum atomic E-state index is -0.0764. The van der Waals surface area contributed by atoms with Crippen molar-refractivity contribution in [1.82, 2.24) is 19.7 Å². The zero-order chi connectivity index (χ0) is 18.1. The molecule has 2 aromatic heterocycles. The van der Waals surface area contributed by atoms with Crippen molar-refractivity contribution in [2.75, 3.05) is 23.3 Å². The Labute approximate surface area is 153 Å². The molecular formula is C19H26N6O. The first-order valence-electron chi connectivity index (χ1n) is 9.53. The summed E-state index contributed by atoms with van der Waals surface area (Å²) in [7, 11) is 1.70. The van der Waals surface area contributed by atoms with Crippen molar-refractivity contribution >= 4 is 11.6 Å². The van der Waals surface area contributed by atoms with Gasteiger partial charge in [-0.05, 0) is 51.5 Å². The average Bonchev–Trinajstić information content (AvgIpc) is 3.10. The molecule has 2 aromatic rings. The predicted octanol–water partition coefficient (Wildman–Crippen LogP) is 1.84. The van der Waals surface area contributed by atoms with Crippen LogP contribution in [0.2, 0.25) is 0 Å². The maximum Gasteiger partial charge on any atom is 0.266 e. The first-order chi connectivity index (χ1) is 12.6. The summed E-state index contributed by atoms with van der Waals surface area (Å²) in [5, 5.41) is 8.04. The number of aromatic nitrogens is 4. The Hall–Kier alpha value is -2.44. The smallest absolute Gasteiger partial charge is 0.266 e. The molecule has 0 aromatic carbocycles. The molecule has 1 aliphatic heterocycles. The zero-order valence-corrected chi connectivity index (χ0v) is 15.5. The lowest BCUT2D eigenvalue weighted by molar-refractivity contribution is 0.464. The van der Waals surface area contributed by atoms with E-state index < -0.39 is 0 Å². The minimum Gasteiger partial charge on any atom is -0.368 e. The number of hydrogen-bond acceptors (Lipinski definition) is 6. The van der Waals surface area contributed by atoms with Crippen molar-refractivity contribution in [3.8, 4) is 0 Å². The number of nitrogens with one attached hydrogen (secondary N) is 1. The van der Waals surface area contributed by atoms with E-state index in [1.54, 1.807) is 13.1 Å². The quantitative estimate of drug-likeness (QED) is 0.903. The van der Waals surface area contributed by atoms with E-state index in [2.05, 4.69) is 25.3 Å². The van der Waals surface area contributed by atoms with Crippen LogP contribution in [0.15, 0.2) is 16.9 Å². The minimum absolute atomic E-state index is 0.0764. The number of nitrogens with zero attached hydrogens (tertiary/aromatic N) is 5. The van der Waals surface area contributed by atoms with E-state index in [0.29, 0.717) is 6.04 Å². The molecule has 0 bridgehead atoms. The third kappa shape index (κ3) is 3.30. The summed E-state index contributed by atoms with van der Waals surface area (Å²) in [5.41, 5.74) is 2.42. The van der Waals surface area contributed by atoms with Gasteiger partial charge in [-0.15, -0.1) is 0 Å². The summed E-state index contributed by atoms with van der Waals surface area (Å²) in [5.74, 6) is 2.72. The van der Waals surface area contributed by atoms with Gasteiger partial charge in [-0.1, -0.05) is 0 Å². The molecule has 1 fully saturated rings. The highest BCUT2D eigenvalue weighted by Crippen LogP contribution is 2.27. The Kier molecular flexibility index (Phi) is 4.61. The van der Waals surface area contributed by atoms with Gasteiger partial charge in [0.15, 0.2) is 0 Å². The van der Waals surface area contributed by atoms with Gasteiger partial charge in [0.25, 0.3) is 5.56 Å². The number of anilines is 2. The fraction of sp³-hybridized carbons (Fsp3) is 0.579. The Morgan fingerprint density at radius 1 is 1.19 bits per heavy atom. The van der Waals surface area contributed by atoms with Crippen molar-refractivity contribution < 1.29 is 0 Å². The lowest BCUT2D eigenvalue weighted by Gasteiger charge is -2.37.